The van der Waals surface area contributed by atoms with Crippen molar-refractivity contribution in [3.63, 3.8) is 0 Å². The van der Waals surface area contributed by atoms with E-state index in [0.29, 0.717) is 18.4 Å². The number of nitrogens with one attached hydrogen (secondary N) is 2. The summed E-state index contributed by atoms with van der Waals surface area (Å²) in [5.74, 6) is 0.974. The van der Waals surface area contributed by atoms with Gasteiger partial charge in [0.2, 0.25) is 0 Å². The van der Waals surface area contributed by atoms with E-state index < -0.39 is 0 Å². The molecule has 1 fully saturated rings. The molecule has 5 heteroatoms. The summed E-state index contributed by atoms with van der Waals surface area (Å²) in [6.07, 6.45) is 0. The van der Waals surface area contributed by atoms with Gasteiger partial charge < -0.3 is 15.5 Å². The topological polar surface area (TPSA) is 44.4 Å². The van der Waals surface area contributed by atoms with Gasteiger partial charge in [0.05, 0.1) is 0 Å². The van der Waals surface area contributed by atoms with Crippen molar-refractivity contribution in [2.75, 3.05) is 32.0 Å². The Balaban J connectivity index is 1.54. The molecule has 2 heterocycles. The first-order valence-electron chi connectivity index (χ1n) is 7.95. The van der Waals surface area contributed by atoms with Gasteiger partial charge in [-0.1, -0.05) is 23.8 Å². The number of carbonyl (C=O) groups excluding carboxylic acids is 1. The number of anilines is 1. The molecule has 2 atom stereocenters. The lowest BCUT2D eigenvalue weighted by Crippen LogP contribution is -2.35. The predicted octanol–water partition coefficient (Wildman–Crippen LogP) is 3.52. The van der Waals surface area contributed by atoms with Crippen LogP contribution in [-0.4, -0.2) is 37.6 Å². The number of likely N-dealkylation sites (N-methyl/N-ethyl adjacent to an activating group) is 1. The van der Waals surface area contributed by atoms with Crippen molar-refractivity contribution in [1.29, 1.82) is 0 Å². The van der Waals surface area contributed by atoms with E-state index in [1.807, 2.05) is 42.5 Å². The molecule has 1 aromatic carbocycles. The van der Waals surface area contributed by atoms with E-state index in [4.69, 9.17) is 0 Å². The second-order valence-corrected chi connectivity index (χ2v) is 7.28. The first-order valence-corrected chi connectivity index (χ1v) is 8.83. The molecule has 0 saturated carbocycles. The highest BCUT2D eigenvalue weighted by molar-refractivity contribution is 7.10. The van der Waals surface area contributed by atoms with Gasteiger partial charge in [-0.2, -0.15) is 0 Å². The summed E-state index contributed by atoms with van der Waals surface area (Å²) < 4.78 is 0. The van der Waals surface area contributed by atoms with Crippen LogP contribution in [0.4, 0.5) is 10.5 Å². The molecule has 2 amide bonds. The average Bonchev–Trinajstić information content (AvgIpc) is 3.16. The van der Waals surface area contributed by atoms with Gasteiger partial charge in [0.15, 0.2) is 0 Å². The Labute approximate surface area is 141 Å². The Bertz CT molecular complexity index is 639. The molecule has 4 nitrogen and oxygen atoms in total. The molecule has 2 aromatic rings. The Morgan fingerprint density at radius 1 is 1.26 bits per heavy atom. The minimum Gasteiger partial charge on any atom is -0.338 e. The number of benzene rings is 1. The molecule has 1 aliphatic heterocycles. The van der Waals surface area contributed by atoms with Gasteiger partial charge in [-0.05, 0) is 43.5 Å². The molecule has 1 saturated heterocycles. The van der Waals surface area contributed by atoms with Gasteiger partial charge in [0.25, 0.3) is 0 Å². The van der Waals surface area contributed by atoms with E-state index in [2.05, 4.69) is 40.1 Å². The van der Waals surface area contributed by atoms with Crippen LogP contribution in [0.15, 0.2) is 41.8 Å². The highest BCUT2D eigenvalue weighted by Crippen LogP contribution is 2.34. The molecule has 0 radical (unpaired) electrons. The van der Waals surface area contributed by atoms with E-state index in [1.165, 1.54) is 10.4 Å². The molecular weight excluding hydrogens is 306 g/mol. The van der Waals surface area contributed by atoms with Crippen molar-refractivity contribution in [2.45, 2.75) is 12.8 Å². The minimum atomic E-state index is -0.131. The fourth-order valence-electron chi connectivity index (χ4n) is 3.15. The summed E-state index contributed by atoms with van der Waals surface area (Å²) in [7, 11) is 2.15. The molecule has 1 aromatic heterocycles. The zero-order valence-corrected chi connectivity index (χ0v) is 14.4. The summed E-state index contributed by atoms with van der Waals surface area (Å²) >= 11 is 1.81. The number of urea groups is 1. The molecule has 0 bridgehead atoms. The van der Waals surface area contributed by atoms with Crippen LogP contribution in [0.5, 0.6) is 0 Å². The monoisotopic (exact) mass is 329 g/mol. The minimum absolute atomic E-state index is 0.131. The molecule has 0 aliphatic carbocycles. The molecule has 0 spiro atoms. The number of hydrogen-bond acceptors (Lipinski definition) is 3. The van der Waals surface area contributed by atoms with Crippen molar-refractivity contribution in [3.8, 4) is 0 Å². The van der Waals surface area contributed by atoms with E-state index in [-0.39, 0.29) is 6.03 Å². The van der Waals surface area contributed by atoms with Crippen LogP contribution in [0.2, 0.25) is 0 Å². The van der Waals surface area contributed by atoms with E-state index in [9.17, 15) is 4.79 Å². The van der Waals surface area contributed by atoms with Crippen molar-refractivity contribution < 1.29 is 4.79 Å². The van der Waals surface area contributed by atoms with E-state index >= 15 is 0 Å². The average molecular weight is 329 g/mol. The van der Waals surface area contributed by atoms with Crippen LogP contribution in [-0.2, 0) is 0 Å². The summed E-state index contributed by atoms with van der Waals surface area (Å²) in [6.45, 7) is 4.82. The normalized spacial score (nSPS) is 21.3. The molecule has 2 N–H and O–H groups in total. The molecule has 0 unspecified atom stereocenters. The molecule has 23 heavy (non-hydrogen) atoms. The van der Waals surface area contributed by atoms with Gasteiger partial charge >= 0.3 is 6.03 Å². The Kier molecular flexibility index (Phi) is 4.98. The van der Waals surface area contributed by atoms with Crippen molar-refractivity contribution in [3.05, 3.63) is 52.2 Å². The standard InChI is InChI=1S/C18H23N3OS/c1-13-5-7-15(8-6-13)20-18(22)19-10-14-11-21(2)12-16(14)17-4-3-9-23-17/h3-9,14,16H,10-12H2,1-2H3,(H2,19,20,22)/t14-,16+/m0/s1. The number of nitrogens with zero attached hydrogens (tertiary/aromatic N) is 1. The van der Waals surface area contributed by atoms with Crippen LogP contribution in [0, 0.1) is 12.8 Å². The third kappa shape index (κ3) is 4.12. The number of aryl methyl sites for hydroxylation is 1. The quantitative estimate of drug-likeness (QED) is 0.901. The fourth-order valence-corrected chi connectivity index (χ4v) is 4.07. The van der Waals surface area contributed by atoms with Crippen molar-refractivity contribution >= 4 is 23.1 Å². The Morgan fingerprint density at radius 3 is 2.74 bits per heavy atom. The van der Waals surface area contributed by atoms with Gasteiger partial charge in [-0.15, -0.1) is 11.3 Å². The van der Waals surface area contributed by atoms with Crippen LogP contribution >= 0.6 is 11.3 Å². The zero-order valence-electron chi connectivity index (χ0n) is 13.6. The summed E-state index contributed by atoms with van der Waals surface area (Å²) in [4.78, 5) is 15.9. The lowest BCUT2D eigenvalue weighted by Gasteiger charge is -2.18. The first kappa shape index (κ1) is 16.0. The maximum Gasteiger partial charge on any atom is 0.319 e. The smallest absolute Gasteiger partial charge is 0.319 e. The molecule has 3 rings (SSSR count). The zero-order chi connectivity index (χ0) is 16.2. The molecular formula is C18H23N3OS. The predicted molar refractivity (Wildman–Crippen MR) is 96.2 cm³/mol. The second kappa shape index (κ2) is 7.15. The largest absolute Gasteiger partial charge is 0.338 e. The maximum atomic E-state index is 12.1. The van der Waals surface area contributed by atoms with Crippen molar-refractivity contribution in [1.82, 2.24) is 10.2 Å². The van der Waals surface area contributed by atoms with Crippen LogP contribution in [0.25, 0.3) is 0 Å². The van der Waals surface area contributed by atoms with Crippen LogP contribution in [0.3, 0.4) is 0 Å². The second-order valence-electron chi connectivity index (χ2n) is 6.30. The molecule has 122 valence electrons. The maximum absolute atomic E-state index is 12.1. The number of likely N-dealkylation sites (tertiary alicyclic amines) is 1. The van der Waals surface area contributed by atoms with Gasteiger partial charge in [-0.3, -0.25) is 0 Å². The highest BCUT2D eigenvalue weighted by atomic mass is 32.1. The van der Waals surface area contributed by atoms with E-state index in [0.717, 1.165) is 18.8 Å². The SMILES string of the molecule is Cc1ccc(NC(=O)NC[C@H]2CN(C)C[C@H]2c2cccs2)cc1. The van der Waals surface area contributed by atoms with Crippen LogP contribution in [0.1, 0.15) is 16.4 Å². The Morgan fingerprint density at radius 2 is 2.04 bits per heavy atom. The summed E-state index contributed by atoms with van der Waals surface area (Å²) in [5, 5.41) is 8.05. The fraction of sp³-hybridized carbons (Fsp3) is 0.389. The lowest BCUT2D eigenvalue weighted by molar-refractivity contribution is 0.249. The third-order valence-electron chi connectivity index (χ3n) is 4.37. The number of amides is 2. The highest BCUT2D eigenvalue weighted by Gasteiger charge is 2.32. The van der Waals surface area contributed by atoms with Gasteiger partial charge in [-0.25, -0.2) is 4.79 Å². The number of rotatable bonds is 4. The lowest BCUT2D eigenvalue weighted by atomic mass is 9.94. The first-order chi connectivity index (χ1) is 11.1. The molecule has 1 aliphatic rings. The summed E-state index contributed by atoms with van der Waals surface area (Å²) in [5.41, 5.74) is 2.01. The van der Waals surface area contributed by atoms with Gasteiger partial charge in [0.1, 0.15) is 0 Å². The summed E-state index contributed by atoms with van der Waals surface area (Å²) in [6, 6.07) is 12.0. The van der Waals surface area contributed by atoms with Crippen LogP contribution < -0.4 is 10.6 Å². The van der Waals surface area contributed by atoms with Crippen molar-refractivity contribution in [2.24, 2.45) is 5.92 Å². The number of carbonyl (C=O) groups is 1. The third-order valence-corrected chi connectivity index (χ3v) is 5.37. The van der Waals surface area contributed by atoms with Gasteiger partial charge in [0, 0.05) is 36.1 Å². The number of thiophene rings is 1. The van der Waals surface area contributed by atoms with E-state index in [1.54, 1.807) is 0 Å². The number of hydrogen-bond donors (Lipinski definition) is 2. The Hall–Kier alpha value is -1.85.